The highest BCUT2D eigenvalue weighted by molar-refractivity contribution is 5.94. The maximum Gasteiger partial charge on any atom is 0.410 e. The fourth-order valence-electron chi connectivity index (χ4n) is 9.33. The van der Waals surface area contributed by atoms with Crippen molar-refractivity contribution in [2.75, 3.05) is 16.0 Å². The number of carbonyl (C=O) groups excluding carboxylic acids is 2. The largest absolute Gasteiger partial charge is 0.444 e. The molecule has 15 nitrogen and oxygen atoms in total. The number of fused-ring (bicyclic) bond motifs is 4. The Morgan fingerprint density at radius 3 is 2.10 bits per heavy atom. The Bertz CT molecular complexity index is 2370. The van der Waals surface area contributed by atoms with E-state index in [4.69, 9.17) is 29.5 Å². The van der Waals surface area contributed by atoms with E-state index in [-0.39, 0.29) is 48.4 Å². The van der Waals surface area contributed by atoms with Gasteiger partial charge in [0.15, 0.2) is 5.82 Å². The number of likely N-dealkylation sites (tertiary alicyclic amines) is 1. The molecular weight excluding hydrogens is 759 g/mol. The molecule has 3 fully saturated rings. The quantitative estimate of drug-likeness (QED) is 0.136. The molecule has 0 radical (unpaired) electrons. The van der Waals surface area contributed by atoms with Crippen LogP contribution in [-0.2, 0) is 9.47 Å². The Labute approximate surface area is 352 Å². The second kappa shape index (κ2) is 16.0. The number of hydrogen-bond donors (Lipinski definition) is 3. The van der Waals surface area contributed by atoms with Gasteiger partial charge in [-0.3, -0.25) is 9.97 Å². The molecule has 8 heterocycles. The molecule has 2 bridgehead atoms. The van der Waals surface area contributed by atoms with Crippen molar-refractivity contribution in [1.82, 2.24) is 39.5 Å². The van der Waals surface area contributed by atoms with Crippen LogP contribution >= 0.6 is 0 Å². The number of aryl methyl sites for hydroxylation is 1. The molecule has 5 aromatic heterocycles. The highest BCUT2D eigenvalue weighted by Gasteiger charge is 2.45. The third-order valence-electron chi connectivity index (χ3n) is 11.7. The van der Waals surface area contributed by atoms with E-state index in [2.05, 4.69) is 34.8 Å². The number of hydrogen-bond acceptors (Lipinski definition) is 12. The molecular formula is C45H59N11O4. The number of anilines is 4. The van der Waals surface area contributed by atoms with Crippen molar-refractivity contribution in [3.05, 3.63) is 60.7 Å². The summed E-state index contributed by atoms with van der Waals surface area (Å²) in [6.07, 6.45) is 10.9. The minimum Gasteiger partial charge on any atom is -0.444 e. The van der Waals surface area contributed by atoms with Crippen molar-refractivity contribution in [3.63, 3.8) is 0 Å². The van der Waals surface area contributed by atoms with E-state index in [0.29, 0.717) is 11.6 Å². The van der Waals surface area contributed by atoms with E-state index in [1.165, 1.54) is 0 Å². The van der Waals surface area contributed by atoms with Crippen LogP contribution in [0.3, 0.4) is 0 Å². The first-order valence-corrected chi connectivity index (χ1v) is 21.4. The number of nitrogens with one attached hydrogen (secondary N) is 3. The molecule has 8 rings (SSSR count). The predicted molar refractivity (Wildman–Crippen MR) is 234 cm³/mol. The van der Waals surface area contributed by atoms with Gasteiger partial charge in [-0.1, -0.05) is 6.92 Å². The van der Waals surface area contributed by atoms with Crippen molar-refractivity contribution in [2.24, 2.45) is 0 Å². The lowest BCUT2D eigenvalue weighted by Crippen LogP contribution is -2.54. The number of aromatic nitrogens is 6. The van der Waals surface area contributed by atoms with Crippen molar-refractivity contribution in [3.8, 4) is 5.69 Å². The van der Waals surface area contributed by atoms with Crippen LogP contribution in [0.25, 0.3) is 27.5 Å². The normalized spacial score (nSPS) is 23.1. The van der Waals surface area contributed by atoms with E-state index < -0.39 is 11.2 Å². The molecule has 60 heavy (non-hydrogen) atoms. The molecule has 3 aliphatic rings. The first-order chi connectivity index (χ1) is 28.5. The second-order valence-electron chi connectivity index (χ2n) is 18.7. The molecule has 3 aliphatic heterocycles. The van der Waals surface area contributed by atoms with Crippen molar-refractivity contribution in [2.45, 2.75) is 155 Å². The van der Waals surface area contributed by atoms with Gasteiger partial charge in [0.25, 0.3) is 0 Å². The molecule has 318 valence electrons. The summed E-state index contributed by atoms with van der Waals surface area (Å²) in [5.74, 6) is 2.71. The Morgan fingerprint density at radius 1 is 0.783 bits per heavy atom. The summed E-state index contributed by atoms with van der Waals surface area (Å²) >= 11 is 0. The maximum atomic E-state index is 13.2. The monoisotopic (exact) mass is 817 g/mol. The van der Waals surface area contributed by atoms with Crippen LogP contribution in [0.2, 0.25) is 0 Å². The van der Waals surface area contributed by atoms with Gasteiger partial charge in [0, 0.05) is 77.2 Å². The highest BCUT2D eigenvalue weighted by atomic mass is 16.6. The standard InChI is InChI=1S/C45H59N11O4/c1-10-30-21-28(19-26(2)54(30)42(57)59-44(4,5)6)50-41-33-13-11-17-46-35(33)24-37(52-41)51-38-20-27(3)56(53-38)36-25-48-40(34-14-12-18-47-39(34)36)49-29-22-31-15-16-32(23-29)55(31)43(58)60-45(7,8)9/h11-14,17-18,20,24-26,28-32H,10,15-16,19,21-23H2,1-9H3,(H,48,49)(H2,50,51,52,53)/t26-,28-,29-,30+,31-,32+/m1/s1. The summed E-state index contributed by atoms with van der Waals surface area (Å²) in [7, 11) is 0. The van der Waals surface area contributed by atoms with E-state index in [1.807, 2.05) is 106 Å². The topological polar surface area (TPSA) is 165 Å². The molecule has 0 spiro atoms. The molecule has 0 aromatic carbocycles. The van der Waals surface area contributed by atoms with Gasteiger partial charge in [0.2, 0.25) is 0 Å². The lowest BCUT2D eigenvalue weighted by molar-refractivity contribution is -0.00475. The molecule has 0 saturated carbocycles. The van der Waals surface area contributed by atoms with Gasteiger partial charge in [0.1, 0.15) is 39.9 Å². The first-order valence-electron chi connectivity index (χ1n) is 21.4. The lowest BCUT2D eigenvalue weighted by atomic mass is 9.90. The Balaban J connectivity index is 1.00. The SMILES string of the molecule is CC[C@H]1C[C@H](Nc2nc(Nc3cc(C)n(-c4cnc(N[C@@H]5C[C@H]6CC[C@@H](C5)N6C(=O)OC(C)(C)C)c5cccnc45)n3)cc3ncccc23)C[C@@H](C)N1C(=O)OC(C)(C)C. The van der Waals surface area contributed by atoms with Gasteiger partial charge in [-0.15, -0.1) is 5.10 Å². The van der Waals surface area contributed by atoms with Crippen LogP contribution in [0.15, 0.2) is 55.0 Å². The van der Waals surface area contributed by atoms with Gasteiger partial charge >= 0.3 is 12.2 Å². The fraction of sp³-hybridized carbons (Fsp3) is 0.533. The number of amides is 2. The number of nitrogens with zero attached hydrogens (tertiary/aromatic N) is 8. The van der Waals surface area contributed by atoms with Crippen molar-refractivity contribution in [1.29, 1.82) is 0 Å². The molecule has 0 unspecified atom stereocenters. The van der Waals surface area contributed by atoms with Crippen molar-refractivity contribution < 1.29 is 19.1 Å². The number of ether oxygens (including phenoxy) is 2. The lowest BCUT2D eigenvalue weighted by Gasteiger charge is -2.44. The molecule has 3 saturated heterocycles. The number of piperidine rings is 2. The van der Waals surface area contributed by atoms with E-state index in [1.54, 1.807) is 12.4 Å². The second-order valence-corrected chi connectivity index (χ2v) is 18.7. The molecule has 2 amide bonds. The van der Waals surface area contributed by atoms with Crippen LogP contribution in [0.5, 0.6) is 0 Å². The van der Waals surface area contributed by atoms with Crippen LogP contribution < -0.4 is 16.0 Å². The Morgan fingerprint density at radius 2 is 1.42 bits per heavy atom. The van der Waals surface area contributed by atoms with Crippen molar-refractivity contribution >= 4 is 57.3 Å². The third kappa shape index (κ3) is 8.62. The zero-order valence-electron chi connectivity index (χ0n) is 36.3. The zero-order chi connectivity index (χ0) is 42.5. The molecule has 15 heteroatoms. The average Bonchev–Trinajstić information content (AvgIpc) is 3.67. The molecule has 0 aliphatic carbocycles. The van der Waals surface area contributed by atoms with Gasteiger partial charge in [-0.25, -0.2) is 24.2 Å². The highest BCUT2D eigenvalue weighted by Crippen LogP contribution is 2.39. The Kier molecular flexibility index (Phi) is 11.0. The van der Waals surface area contributed by atoms with Gasteiger partial charge in [-0.2, -0.15) is 0 Å². The van der Waals surface area contributed by atoms with Crippen LogP contribution in [-0.4, -0.2) is 99.2 Å². The van der Waals surface area contributed by atoms with E-state index >= 15 is 0 Å². The summed E-state index contributed by atoms with van der Waals surface area (Å²) < 4.78 is 13.4. The van der Waals surface area contributed by atoms with Crippen LogP contribution in [0.4, 0.5) is 32.9 Å². The van der Waals surface area contributed by atoms with Crippen LogP contribution in [0.1, 0.15) is 106 Å². The zero-order valence-corrected chi connectivity index (χ0v) is 36.3. The summed E-state index contributed by atoms with van der Waals surface area (Å²) in [5, 5.41) is 17.7. The number of rotatable bonds is 8. The summed E-state index contributed by atoms with van der Waals surface area (Å²) in [6, 6.07) is 12.4. The first kappa shape index (κ1) is 41.0. The molecule has 3 N–H and O–H groups in total. The molecule has 6 atom stereocenters. The Hall–Kier alpha value is -5.73. The smallest absolute Gasteiger partial charge is 0.410 e. The van der Waals surface area contributed by atoms with Gasteiger partial charge in [0.05, 0.1) is 11.7 Å². The summed E-state index contributed by atoms with van der Waals surface area (Å²) in [6.45, 7) is 17.7. The average molecular weight is 818 g/mol. The minimum absolute atomic E-state index is 0.0160. The third-order valence-corrected chi connectivity index (χ3v) is 11.7. The summed E-state index contributed by atoms with van der Waals surface area (Å²) in [5.41, 5.74) is 2.14. The maximum absolute atomic E-state index is 13.2. The summed E-state index contributed by atoms with van der Waals surface area (Å²) in [4.78, 5) is 49.7. The van der Waals surface area contributed by atoms with E-state index in [0.717, 1.165) is 89.8 Å². The molecule has 5 aromatic rings. The van der Waals surface area contributed by atoms with Gasteiger partial charge in [-0.05, 0) is 125 Å². The van der Waals surface area contributed by atoms with Crippen LogP contribution in [0, 0.1) is 6.92 Å². The predicted octanol–water partition coefficient (Wildman–Crippen LogP) is 9.13. The van der Waals surface area contributed by atoms with Gasteiger partial charge < -0.3 is 35.2 Å². The number of pyridine rings is 4. The number of carbonyl (C=O) groups is 2. The minimum atomic E-state index is -0.558. The fourth-order valence-corrected chi connectivity index (χ4v) is 9.33. The van der Waals surface area contributed by atoms with E-state index in [9.17, 15) is 9.59 Å².